The van der Waals surface area contributed by atoms with Crippen LogP contribution in [0, 0.1) is 0 Å². The molecule has 1 amide bonds. The van der Waals surface area contributed by atoms with E-state index >= 15 is 0 Å². The maximum Gasteiger partial charge on any atom is 0.326 e. The first-order valence-electron chi connectivity index (χ1n) is 6.03. The third kappa shape index (κ3) is 5.25. The summed E-state index contributed by atoms with van der Waals surface area (Å²) in [6.07, 6.45) is 3.91. The number of carbonyl (C=O) groups is 2. The molecule has 1 rings (SSSR count). The zero-order valence-corrected chi connectivity index (χ0v) is 10.7. The van der Waals surface area contributed by atoms with Crippen LogP contribution in [0.2, 0.25) is 0 Å². The zero-order chi connectivity index (χ0) is 14.3. The highest BCUT2D eigenvalue weighted by Crippen LogP contribution is 2.10. The molecule has 0 aliphatic rings. The summed E-state index contributed by atoms with van der Waals surface area (Å²) in [5.41, 5.74) is 0.746. The van der Waals surface area contributed by atoms with Crippen molar-refractivity contribution in [1.82, 2.24) is 5.32 Å². The number of aromatic hydroxyl groups is 1. The molecule has 0 bridgehead atoms. The number of phenols is 1. The van der Waals surface area contributed by atoms with Gasteiger partial charge in [0, 0.05) is 6.08 Å². The van der Waals surface area contributed by atoms with Crippen LogP contribution < -0.4 is 5.32 Å². The molecule has 0 unspecified atom stereocenters. The predicted molar refractivity (Wildman–Crippen MR) is 71.6 cm³/mol. The van der Waals surface area contributed by atoms with Gasteiger partial charge in [-0.1, -0.05) is 25.5 Å². The molecule has 0 radical (unpaired) electrons. The number of amides is 1. The highest BCUT2D eigenvalue weighted by Gasteiger charge is 2.17. The summed E-state index contributed by atoms with van der Waals surface area (Å²) in [5, 5.41) is 20.4. The lowest BCUT2D eigenvalue weighted by molar-refractivity contribution is -0.141. The molecule has 0 saturated heterocycles. The highest BCUT2D eigenvalue weighted by atomic mass is 16.4. The molecule has 0 aliphatic heterocycles. The molecule has 5 heteroatoms. The van der Waals surface area contributed by atoms with Crippen molar-refractivity contribution in [3.63, 3.8) is 0 Å². The van der Waals surface area contributed by atoms with E-state index in [1.165, 1.54) is 18.2 Å². The van der Waals surface area contributed by atoms with E-state index in [0.29, 0.717) is 12.8 Å². The molecule has 19 heavy (non-hydrogen) atoms. The highest BCUT2D eigenvalue weighted by molar-refractivity contribution is 5.94. The number of phenolic OH excluding ortho intramolecular Hbond substituents is 1. The molecule has 1 aromatic rings. The minimum Gasteiger partial charge on any atom is -0.508 e. The number of carbonyl (C=O) groups excluding carboxylic acids is 1. The van der Waals surface area contributed by atoms with Crippen molar-refractivity contribution in [2.75, 3.05) is 0 Å². The largest absolute Gasteiger partial charge is 0.508 e. The SMILES string of the molecule is CCC[C@H](NC(=O)/C=C/c1ccc(O)cc1)C(=O)O. The maximum atomic E-state index is 11.6. The molecule has 3 N–H and O–H groups in total. The van der Waals surface area contributed by atoms with E-state index in [-0.39, 0.29) is 5.75 Å². The number of aliphatic carboxylic acids is 1. The Labute approximate surface area is 111 Å². The Morgan fingerprint density at radius 3 is 2.47 bits per heavy atom. The second kappa shape index (κ2) is 7.20. The van der Waals surface area contributed by atoms with Crippen LogP contribution in [0.15, 0.2) is 30.3 Å². The average molecular weight is 263 g/mol. The van der Waals surface area contributed by atoms with Crippen LogP contribution in [0.4, 0.5) is 0 Å². The summed E-state index contributed by atoms with van der Waals surface area (Å²) in [6.45, 7) is 1.86. The van der Waals surface area contributed by atoms with Crippen LogP contribution in [0.25, 0.3) is 6.08 Å². The van der Waals surface area contributed by atoms with Gasteiger partial charge in [-0.05, 0) is 30.2 Å². The van der Waals surface area contributed by atoms with Gasteiger partial charge in [0.2, 0.25) is 5.91 Å². The van der Waals surface area contributed by atoms with E-state index in [4.69, 9.17) is 10.2 Å². The summed E-state index contributed by atoms with van der Waals surface area (Å²) in [6, 6.07) is 5.46. The van der Waals surface area contributed by atoms with Gasteiger partial charge in [-0.15, -0.1) is 0 Å². The number of hydrogen-bond donors (Lipinski definition) is 3. The summed E-state index contributed by atoms with van der Waals surface area (Å²) in [5.74, 6) is -1.34. The van der Waals surface area contributed by atoms with Crippen LogP contribution in [0.1, 0.15) is 25.3 Å². The quantitative estimate of drug-likeness (QED) is 0.683. The van der Waals surface area contributed by atoms with E-state index < -0.39 is 17.9 Å². The molecule has 0 aliphatic carbocycles. The number of rotatable bonds is 6. The summed E-state index contributed by atoms with van der Waals surface area (Å²) in [7, 11) is 0. The number of carboxylic acid groups (broad SMARTS) is 1. The number of benzene rings is 1. The zero-order valence-electron chi connectivity index (χ0n) is 10.7. The molecule has 1 aromatic carbocycles. The fourth-order valence-electron chi connectivity index (χ4n) is 1.52. The van der Waals surface area contributed by atoms with E-state index in [9.17, 15) is 9.59 Å². The molecule has 0 heterocycles. The molecule has 0 saturated carbocycles. The Hall–Kier alpha value is -2.30. The van der Waals surface area contributed by atoms with E-state index in [1.54, 1.807) is 18.2 Å². The lowest BCUT2D eigenvalue weighted by Crippen LogP contribution is -2.39. The van der Waals surface area contributed by atoms with Gasteiger partial charge in [-0.3, -0.25) is 4.79 Å². The first-order chi connectivity index (χ1) is 9.02. The summed E-state index contributed by atoms with van der Waals surface area (Å²) >= 11 is 0. The lowest BCUT2D eigenvalue weighted by Gasteiger charge is -2.11. The van der Waals surface area contributed by atoms with Gasteiger partial charge in [0.15, 0.2) is 0 Å². The average Bonchev–Trinajstić information content (AvgIpc) is 2.37. The topological polar surface area (TPSA) is 86.6 Å². The van der Waals surface area contributed by atoms with Crippen molar-refractivity contribution in [2.45, 2.75) is 25.8 Å². The van der Waals surface area contributed by atoms with Gasteiger partial charge >= 0.3 is 5.97 Å². The molecular weight excluding hydrogens is 246 g/mol. The first-order valence-corrected chi connectivity index (χ1v) is 6.03. The molecule has 0 aromatic heterocycles. The van der Waals surface area contributed by atoms with Crippen molar-refractivity contribution in [2.24, 2.45) is 0 Å². The van der Waals surface area contributed by atoms with Crippen LogP contribution in [-0.4, -0.2) is 28.1 Å². The second-order valence-corrected chi connectivity index (χ2v) is 4.11. The second-order valence-electron chi connectivity index (χ2n) is 4.11. The van der Waals surface area contributed by atoms with Crippen molar-refractivity contribution >= 4 is 18.0 Å². The minimum absolute atomic E-state index is 0.149. The molecule has 0 spiro atoms. The smallest absolute Gasteiger partial charge is 0.326 e. The summed E-state index contributed by atoms with van der Waals surface area (Å²) < 4.78 is 0. The minimum atomic E-state index is -1.03. The normalized spacial score (nSPS) is 12.3. The van der Waals surface area contributed by atoms with Gasteiger partial charge in [-0.25, -0.2) is 4.79 Å². The van der Waals surface area contributed by atoms with Crippen molar-refractivity contribution < 1.29 is 19.8 Å². The maximum absolute atomic E-state index is 11.6. The van der Waals surface area contributed by atoms with Crippen LogP contribution in [0.5, 0.6) is 5.75 Å². The molecular formula is C14H17NO4. The van der Waals surface area contributed by atoms with Crippen LogP contribution in [0.3, 0.4) is 0 Å². The number of nitrogens with one attached hydrogen (secondary N) is 1. The number of hydrogen-bond acceptors (Lipinski definition) is 3. The van der Waals surface area contributed by atoms with Crippen molar-refractivity contribution in [3.8, 4) is 5.75 Å². The molecule has 5 nitrogen and oxygen atoms in total. The van der Waals surface area contributed by atoms with Gasteiger partial charge in [0.25, 0.3) is 0 Å². The first kappa shape index (κ1) is 14.8. The fraction of sp³-hybridized carbons (Fsp3) is 0.286. The van der Waals surface area contributed by atoms with Crippen molar-refractivity contribution in [1.29, 1.82) is 0 Å². The Morgan fingerprint density at radius 1 is 1.32 bits per heavy atom. The number of carboxylic acids is 1. The van der Waals surface area contributed by atoms with Crippen LogP contribution >= 0.6 is 0 Å². The lowest BCUT2D eigenvalue weighted by atomic mass is 10.1. The molecule has 102 valence electrons. The van der Waals surface area contributed by atoms with Crippen LogP contribution in [-0.2, 0) is 9.59 Å². The van der Waals surface area contributed by atoms with E-state index in [0.717, 1.165) is 5.56 Å². The monoisotopic (exact) mass is 263 g/mol. The summed E-state index contributed by atoms with van der Waals surface area (Å²) in [4.78, 5) is 22.4. The Bertz CT molecular complexity index is 465. The van der Waals surface area contributed by atoms with Crippen molar-refractivity contribution in [3.05, 3.63) is 35.9 Å². The van der Waals surface area contributed by atoms with E-state index in [2.05, 4.69) is 5.32 Å². The predicted octanol–water partition coefficient (Wildman–Crippen LogP) is 1.77. The molecule has 1 atom stereocenters. The van der Waals surface area contributed by atoms with Gasteiger partial charge in [-0.2, -0.15) is 0 Å². The third-order valence-electron chi connectivity index (χ3n) is 2.51. The fourth-order valence-corrected chi connectivity index (χ4v) is 1.52. The standard InChI is InChI=1S/C14H17NO4/c1-2-3-12(14(18)19)15-13(17)9-6-10-4-7-11(16)8-5-10/h4-9,12,16H,2-3H2,1H3,(H,15,17)(H,18,19)/b9-6+/t12-/m0/s1. The Balaban J connectivity index is 2.58. The Kier molecular flexibility index (Phi) is 5.60. The van der Waals surface area contributed by atoms with Gasteiger partial charge in [0.05, 0.1) is 0 Å². The van der Waals surface area contributed by atoms with Gasteiger partial charge < -0.3 is 15.5 Å². The van der Waals surface area contributed by atoms with Gasteiger partial charge in [0.1, 0.15) is 11.8 Å². The third-order valence-corrected chi connectivity index (χ3v) is 2.51. The Morgan fingerprint density at radius 2 is 1.95 bits per heavy atom. The molecule has 0 fully saturated rings. The van der Waals surface area contributed by atoms with E-state index in [1.807, 2.05) is 6.92 Å².